The summed E-state index contributed by atoms with van der Waals surface area (Å²) in [4.78, 5) is 38.8. The third-order valence-electron chi connectivity index (χ3n) is 5.06. The second-order valence-electron chi connectivity index (χ2n) is 6.99. The van der Waals surface area contributed by atoms with Crippen LogP contribution in [-0.4, -0.2) is 63.2 Å². The van der Waals surface area contributed by atoms with Crippen LogP contribution in [0.3, 0.4) is 0 Å². The van der Waals surface area contributed by atoms with Crippen molar-refractivity contribution in [2.75, 3.05) is 26.1 Å². The van der Waals surface area contributed by atoms with Crippen LogP contribution in [0.2, 0.25) is 0 Å². The van der Waals surface area contributed by atoms with Crippen LogP contribution in [0.25, 0.3) is 16.3 Å². The van der Waals surface area contributed by atoms with Gasteiger partial charge in [-0.2, -0.15) is 4.52 Å². The molecule has 0 atom stereocenters. The van der Waals surface area contributed by atoms with Crippen molar-refractivity contribution < 1.29 is 23.9 Å². The molecule has 2 aromatic heterocycles. The molecule has 0 unspecified atom stereocenters. The second-order valence-corrected chi connectivity index (χ2v) is 7.94. The lowest BCUT2D eigenvalue weighted by Gasteiger charge is -2.12. The van der Waals surface area contributed by atoms with Gasteiger partial charge in [-0.25, -0.2) is 0 Å². The van der Waals surface area contributed by atoms with Crippen molar-refractivity contribution >= 4 is 39.2 Å². The number of ether oxygens (including phenoxy) is 2. The highest BCUT2D eigenvalue weighted by molar-refractivity contribution is 7.20. The van der Waals surface area contributed by atoms with E-state index in [1.807, 2.05) is 0 Å². The SMILES string of the molecule is COc1ccc(-c2nnc3sc(NC(=O)CN4C(=O)c5ccccc5C4=O)nn23)cc1OC. The molecular weight excluding hydrogens is 448 g/mol. The van der Waals surface area contributed by atoms with Gasteiger partial charge in [-0.05, 0) is 30.3 Å². The Balaban J connectivity index is 1.35. The van der Waals surface area contributed by atoms with Gasteiger partial charge in [0.2, 0.25) is 16.0 Å². The minimum absolute atomic E-state index is 0.253. The number of methoxy groups -OCH3 is 2. The average molecular weight is 464 g/mol. The van der Waals surface area contributed by atoms with E-state index in [4.69, 9.17) is 9.47 Å². The molecule has 3 amide bonds. The number of imide groups is 1. The standard InChI is InChI=1S/C21H16N6O5S/c1-31-14-8-7-11(9-15(14)32-2)17-23-24-21-27(17)25-20(33-21)22-16(28)10-26-18(29)12-5-3-4-6-13(12)19(26)30/h3-9H,10H2,1-2H3,(H,22,25,28). The molecule has 11 nitrogen and oxygen atoms in total. The van der Waals surface area contributed by atoms with Crippen molar-refractivity contribution in [1.29, 1.82) is 0 Å². The summed E-state index contributed by atoms with van der Waals surface area (Å²) >= 11 is 1.11. The summed E-state index contributed by atoms with van der Waals surface area (Å²) in [5, 5.41) is 15.5. The molecular formula is C21H16N6O5S. The number of rotatable bonds is 6. The molecule has 0 fully saturated rings. The lowest BCUT2D eigenvalue weighted by molar-refractivity contribution is -0.116. The van der Waals surface area contributed by atoms with E-state index < -0.39 is 24.3 Å². The van der Waals surface area contributed by atoms with Crippen LogP contribution in [0.4, 0.5) is 5.13 Å². The fourth-order valence-electron chi connectivity index (χ4n) is 3.51. The summed E-state index contributed by atoms with van der Waals surface area (Å²) in [6.45, 7) is -0.422. The maximum Gasteiger partial charge on any atom is 0.262 e. The maximum atomic E-state index is 12.6. The van der Waals surface area contributed by atoms with E-state index in [-0.39, 0.29) is 16.3 Å². The fraction of sp³-hybridized carbons (Fsp3) is 0.143. The summed E-state index contributed by atoms with van der Waals surface area (Å²) in [7, 11) is 3.08. The van der Waals surface area contributed by atoms with Gasteiger partial charge in [0.25, 0.3) is 11.8 Å². The van der Waals surface area contributed by atoms with Crippen LogP contribution in [0.5, 0.6) is 11.5 Å². The molecule has 0 spiro atoms. The first kappa shape index (κ1) is 20.6. The molecule has 3 heterocycles. The molecule has 33 heavy (non-hydrogen) atoms. The van der Waals surface area contributed by atoms with Crippen molar-refractivity contribution in [3.05, 3.63) is 53.6 Å². The van der Waals surface area contributed by atoms with Gasteiger partial charge < -0.3 is 9.47 Å². The Morgan fingerprint density at radius 2 is 1.70 bits per heavy atom. The quantitative estimate of drug-likeness (QED) is 0.430. The number of aromatic nitrogens is 4. The van der Waals surface area contributed by atoms with Crippen LogP contribution in [0.1, 0.15) is 20.7 Å². The van der Waals surface area contributed by atoms with Crippen molar-refractivity contribution in [1.82, 2.24) is 24.7 Å². The topological polar surface area (TPSA) is 128 Å². The molecule has 4 aromatic rings. The fourth-order valence-corrected chi connectivity index (χ4v) is 4.26. The Kier molecular flexibility index (Phi) is 4.98. The van der Waals surface area contributed by atoms with Gasteiger partial charge in [-0.3, -0.25) is 24.6 Å². The third kappa shape index (κ3) is 3.46. The largest absolute Gasteiger partial charge is 0.493 e. The van der Waals surface area contributed by atoms with E-state index in [1.54, 1.807) is 49.6 Å². The number of carbonyl (C=O) groups is 3. The first-order valence-corrected chi connectivity index (χ1v) is 10.5. The molecule has 0 aliphatic carbocycles. The number of carbonyl (C=O) groups excluding carboxylic acids is 3. The molecule has 166 valence electrons. The van der Waals surface area contributed by atoms with Crippen molar-refractivity contribution in [3.8, 4) is 22.9 Å². The van der Waals surface area contributed by atoms with Gasteiger partial charge in [-0.15, -0.1) is 15.3 Å². The lowest BCUT2D eigenvalue weighted by atomic mass is 10.1. The predicted octanol–water partition coefficient (Wildman–Crippen LogP) is 2.10. The smallest absolute Gasteiger partial charge is 0.262 e. The number of nitrogens with one attached hydrogen (secondary N) is 1. The Hall–Kier alpha value is -4.32. The minimum Gasteiger partial charge on any atom is -0.493 e. The highest BCUT2D eigenvalue weighted by Gasteiger charge is 2.36. The lowest BCUT2D eigenvalue weighted by Crippen LogP contribution is -2.37. The normalized spacial score (nSPS) is 12.8. The number of fused-ring (bicyclic) bond motifs is 2. The van der Waals surface area contributed by atoms with Gasteiger partial charge in [-0.1, -0.05) is 23.5 Å². The number of hydrogen-bond donors (Lipinski definition) is 1. The van der Waals surface area contributed by atoms with E-state index in [1.165, 1.54) is 11.6 Å². The number of anilines is 1. The Morgan fingerprint density at radius 1 is 1.00 bits per heavy atom. The molecule has 0 saturated carbocycles. The van der Waals surface area contributed by atoms with Crippen molar-refractivity contribution in [2.24, 2.45) is 0 Å². The zero-order valence-corrected chi connectivity index (χ0v) is 18.3. The summed E-state index contributed by atoms with van der Waals surface area (Å²) in [5.74, 6) is -0.0118. The monoisotopic (exact) mass is 464 g/mol. The van der Waals surface area contributed by atoms with E-state index in [2.05, 4.69) is 20.6 Å². The molecule has 12 heteroatoms. The van der Waals surface area contributed by atoms with Crippen LogP contribution < -0.4 is 14.8 Å². The van der Waals surface area contributed by atoms with Crippen molar-refractivity contribution in [2.45, 2.75) is 0 Å². The summed E-state index contributed by atoms with van der Waals surface area (Å²) in [6.07, 6.45) is 0. The molecule has 1 aliphatic heterocycles. The Morgan fingerprint density at radius 3 is 2.36 bits per heavy atom. The van der Waals surface area contributed by atoms with Crippen LogP contribution in [0.15, 0.2) is 42.5 Å². The van der Waals surface area contributed by atoms with Crippen LogP contribution in [0, 0.1) is 0 Å². The summed E-state index contributed by atoms with van der Waals surface area (Å²) in [6, 6.07) is 11.7. The summed E-state index contributed by atoms with van der Waals surface area (Å²) in [5.41, 5.74) is 1.26. The van der Waals surface area contributed by atoms with Crippen molar-refractivity contribution in [3.63, 3.8) is 0 Å². The predicted molar refractivity (Wildman–Crippen MR) is 118 cm³/mol. The first-order valence-electron chi connectivity index (χ1n) is 9.70. The summed E-state index contributed by atoms with van der Waals surface area (Å²) < 4.78 is 12.1. The van der Waals surface area contributed by atoms with E-state index in [9.17, 15) is 14.4 Å². The van der Waals surface area contributed by atoms with Gasteiger partial charge in [0, 0.05) is 5.56 Å². The Bertz CT molecular complexity index is 1390. The van der Waals surface area contributed by atoms with Crippen LogP contribution in [-0.2, 0) is 4.79 Å². The number of benzene rings is 2. The van der Waals surface area contributed by atoms with Gasteiger partial charge in [0.15, 0.2) is 17.3 Å². The second kappa shape index (κ2) is 7.98. The Labute approximate surface area is 190 Å². The average Bonchev–Trinajstić information content (AvgIpc) is 3.47. The first-order chi connectivity index (χ1) is 16.0. The zero-order valence-electron chi connectivity index (χ0n) is 17.4. The van der Waals surface area contributed by atoms with Gasteiger partial charge >= 0.3 is 0 Å². The molecule has 2 aromatic carbocycles. The number of nitrogens with zero attached hydrogens (tertiary/aromatic N) is 5. The molecule has 0 bridgehead atoms. The molecule has 0 radical (unpaired) electrons. The third-order valence-corrected chi connectivity index (χ3v) is 5.87. The number of amides is 3. The molecule has 1 aliphatic rings. The van der Waals surface area contributed by atoms with Gasteiger partial charge in [0.05, 0.1) is 25.3 Å². The highest BCUT2D eigenvalue weighted by atomic mass is 32.1. The van der Waals surface area contributed by atoms with Gasteiger partial charge in [0.1, 0.15) is 6.54 Å². The minimum atomic E-state index is -0.554. The number of hydrogen-bond acceptors (Lipinski definition) is 9. The highest BCUT2D eigenvalue weighted by Crippen LogP contribution is 2.32. The van der Waals surface area contributed by atoms with E-state index in [0.717, 1.165) is 16.2 Å². The molecule has 5 rings (SSSR count). The van der Waals surface area contributed by atoms with Crippen LogP contribution >= 0.6 is 11.3 Å². The van der Waals surface area contributed by atoms with E-state index in [0.29, 0.717) is 27.8 Å². The van der Waals surface area contributed by atoms with E-state index >= 15 is 0 Å². The zero-order chi connectivity index (χ0) is 23.1. The maximum absolute atomic E-state index is 12.6. The molecule has 0 saturated heterocycles. The molecule has 1 N–H and O–H groups in total.